The van der Waals surface area contributed by atoms with Gasteiger partial charge < -0.3 is 10.2 Å². The first kappa shape index (κ1) is 11.6. The first-order chi connectivity index (χ1) is 8.09. The van der Waals surface area contributed by atoms with E-state index in [0.717, 1.165) is 17.7 Å². The Hall–Kier alpha value is -1.91. The van der Waals surface area contributed by atoms with Crippen molar-refractivity contribution >= 4 is 17.5 Å². The van der Waals surface area contributed by atoms with Gasteiger partial charge in [-0.15, -0.1) is 0 Å². The largest absolute Gasteiger partial charge is 0.345 e. The van der Waals surface area contributed by atoms with Gasteiger partial charge in [-0.1, -0.05) is 0 Å². The highest BCUT2D eigenvalue weighted by Crippen LogP contribution is 2.26. The van der Waals surface area contributed by atoms with E-state index in [9.17, 15) is 9.59 Å². The fourth-order valence-corrected chi connectivity index (χ4v) is 2.05. The third-order valence-corrected chi connectivity index (χ3v) is 2.84. The predicted molar refractivity (Wildman–Crippen MR) is 63.6 cm³/mol. The molecule has 0 aromatic carbocycles. The first-order valence-electron chi connectivity index (χ1n) is 5.61. The molecule has 2 rings (SSSR count). The van der Waals surface area contributed by atoms with E-state index in [2.05, 4.69) is 10.3 Å². The molecule has 1 aliphatic rings. The zero-order chi connectivity index (χ0) is 12.4. The zero-order valence-corrected chi connectivity index (χ0v) is 9.93. The summed E-state index contributed by atoms with van der Waals surface area (Å²) < 4.78 is 0. The van der Waals surface area contributed by atoms with Crippen LogP contribution in [0.1, 0.15) is 19.4 Å². The monoisotopic (exact) mass is 233 g/mol. The minimum absolute atomic E-state index is 0.0908. The Balaban J connectivity index is 2.15. The number of carbonyl (C=O) groups excluding carboxylic acids is 2. The average Bonchev–Trinajstić information content (AvgIpc) is 2.70. The molecule has 5 heteroatoms. The van der Waals surface area contributed by atoms with Crippen LogP contribution in [0.25, 0.3) is 0 Å². The number of hydrogen-bond donors (Lipinski definition) is 1. The molecule has 2 amide bonds. The lowest BCUT2D eigenvalue weighted by Gasteiger charge is -2.21. The van der Waals surface area contributed by atoms with Crippen molar-refractivity contribution in [3.8, 4) is 0 Å². The van der Waals surface area contributed by atoms with Crippen molar-refractivity contribution in [2.24, 2.45) is 0 Å². The number of hydrogen-bond acceptors (Lipinski definition) is 3. The smallest absolute Gasteiger partial charge is 0.249 e. The molecule has 5 nitrogen and oxygen atoms in total. The number of nitrogens with one attached hydrogen (secondary N) is 1. The molecule has 1 atom stereocenters. The molecule has 0 bridgehead atoms. The molecule has 0 radical (unpaired) electrons. The maximum atomic E-state index is 12.1. The molecule has 0 saturated heterocycles. The Kier molecular flexibility index (Phi) is 3.08. The molecule has 90 valence electrons. The number of rotatable bonds is 2. The minimum Gasteiger partial charge on any atom is -0.345 e. The van der Waals surface area contributed by atoms with Gasteiger partial charge in [0.25, 0.3) is 0 Å². The summed E-state index contributed by atoms with van der Waals surface area (Å²) in [5.41, 5.74) is 1.98. The number of amides is 2. The zero-order valence-electron chi connectivity index (χ0n) is 9.93. The Labute approximate surface area is 99.8 Å². The molecular weight excluding hydrogens is 218 g/mol. The third-order valence-electron chi connectivity index (χ3n) is 2.84. The first-order valence-corrected chi connectivity index (χ1v) is 5.61. The molecule has 1 aromatic rings. The van der Waals surface area contributed by atoms with Crippen LogP contribution in [0.15, 0.2) is 18.5 Å². The highest BCUT2D eigenvalue weighted by molar-refractivity contribution is 6.00. The van der Waals surface area contributed by atoms with Crippen LogP contribution < -0.4 is 10.2 Å². The van der Waals surface area contributed by atoms with E-state index in [1.807, 2.05) is 6.07 Å². The molecule has 0 spiro atoms. The van der Waals surface area contributed by atoms with Crippen LogP contribution in [-0.2, 0) is 16.0 Å². The van der Waals surface area contributed by atoms with E-state index in [0.29, 0.717) is 6.54 Å². The lowest BCUT2D eigenvalue weighted by Crippen LogP contribution is -2.45. The molecule has 1 aliphatic heterocycles. The number of fused-ring (bicyclic) bond motifs is 1. The van der Waals surface area contributed by atoms with Crippen molar-refractivity contribution in [1.82, 2.24) is 10.3 Å². The lowest BCUT2D eigenvalue weighted by molar-refractivity contribution is -0.126. The standard InChI is InChI=1S/C12H15N3O2/c1-8(14-9(2)16)12(17)15-6-4-10-3-5-13-7-11(10)15/h3,5,7-8H,4,6H2,1-2H3,(H,14,16)/t8-/m0/s1. The summed E-state index contributed by atoms with van der Waals surface area (Å²) in [6.07, 6.45) is 4.27. The Bertz CT molecular complexity index is 459. The lowest BCUT2D eigenvalue weighted by atomic mass is 10.2. The van der Waals surface area contributed by atoms with E-state index >= 15 is 0 Å². The second kappa shape index (κ2) is 4.53. The van der Waals surface area contributed by atoms with Gasteiger partial charge in [0.2, 0.25) is 11.8 Å². The Morgan fingerprint density at radius 1 is 1.53 bits per heavy atom. The van der Waals surface area contributed by atoms with Crippen LogP contribution in [0.3, 0.4) is 0 Å². The van der Waals surface area contributed by atoms with Crippen molar-refractivity contribution in [1.29, 1.82) is 0 Å². The molecular formula is C12H15N3O2. The van der Waals surface area contributed by atoms with Crippen LogP contribution in [0.2, 0.25) is 0 Å². The topological polar surface area (TPSA) is 62.3 Å². The summed E-state index contributed by atoms with van der Waals surface area (Å²) in [6, 6.07) is 1.42. The summed E-state index contributed by atoms with van der Waals surface area (Å²) >= 11 is 0. The van der Waals surface area contributed by atoms with E-state index in [-0.39, 0.29) is 11.8 Å². The summed E-state index contributed by atoms with van der Waals surface area (Å²) in [6.45, 7) is 3.76. The van der Waals surface area contributed by atoms with Gasteiger partial charge in [-0.25, -0.2) is 0 Å². The average molecular weight is 233 g/mol. The molecule has 0 fully saturated rings. The summed E-state index contributed by atoms with van der Waals surface area (Å²) in [5.74, 6) is -0.289. The minimum atomic E-state index is -0.501. The summed E-state index contributed by atoms with van der Waals surface area (Å²) in [7, 11) is 0. The van der Waals surface area contributed by atoms with Gasteiger partial charge >= 0.3 is 0 Å². The van der Waals surface area contributed by atoms with Crippen molar-refractivity contribution in [3.05, 3.63) is 24.0 Å². The Morgan fingerprint density at radius 2 is 2.29 bits per heavy atom. The quantitative estimate of drug-likeness (QED) is 0.809. The van der Waals surface area contributed by atoms with Gasteiger partial charge in [0.05, 0.1) is 11.9 Å². The number of carbonyl (C=O) groups is 2. The SMILES string of the molecule is CC(=O)N[C@@H](C)C(=O)N1CCc2ccncc21. The number of aromatic nitrogens is 1. The van der Waals surface area contributed by atoms with Crippen molar-refractivity contribution in [3.63, 3.8) is 0 Å². The van der Waals surface area contributed by atoms with E-state index in [4.69, 9.17) is 0 Å². The highest BCUT2D eigenvalue weighted by Gasteiger charge is 2.28. The van der Waals surface area contributed by atoms with E-state index in [1.54, 1.807) is 24.2 Å². The molecule has 0 aliphatic carbocycles. The second-order valence-corrected chi connectivity index (χ2v) is 4.17. The number of pyridine rings is 1. The predicted octanol–water partition coefficient (Wildman–Crippen LogP) is 0.495. The fraction of sp³-hybridized carbons (Fsp3) is 0.417. The van der Waals surface area contributed by atoms with Gasteiger partial charge in [-0.05, 0) is 25.0 Å². The fourth-order valence-electron chi connectivity index (χ4n) is 2.05. The van der Waals surface area contributed by atoms with Crippen LogP contribution in [-0.4, -0.2) is 29.4 Å². The normalized spacial score (nSPS) is 15.3. The van der Waals surface area contributed by atoms with Gasteiger partial charge in [0.15, 0.2) is 0 Å². The second-order valence-electron chi connectivity index (χ2n) is 4.17. The van der Waals surface area contributed by atoms with Crippen molar-refractivity contribution in [2.75, 3.05) is 11.4 Å². The number of nitrogens with zero attached hydrogens (tertiary/aromatic N) is 2. The summed E-state index contributed by atoms with van der Waals surface area (Å²) in [4.78, 5) is 28.8. The van der Waals surface area contributed by atoms with Crippen LogP contribution in [0.5, 0.6) is 0 Å². The maximum absolute atomic E-state index is 12.1. The van der Waals surface area contributed by atoms with Crippen molar-refractivity contribution < 1.29 is 9.59 Å². The molecule has 0 unspecified atom stereocenters. The van der Waals surface area contributed by atoms with Gasteiger partial charge in [0, 0.05) is 19.7 Å². The van der Waals surface area contributed by atoms with E-state index < -0.39 is 6.04 Å². The third kappa shape index (κ3) is 2.27. The van der Waals surface area contributed by atoms with Crippen LogP contribution >= 0.6 is 0 Å². The van der Waals surface area contributed by atoms with Crippen LogP contribution in [0.4, 0.5) is 5.69 Å². The number of anilines is 1. The maximum Gasteiger partial charge on any atom is 0.249 e. The molecule has 1 aromatic heterocycles. The Morgan fingerprint density at radius 3 is 3.00 bits per heavy atom. The van der Waals surface area contributed by atoms with Gasteiger partial charge in [-0.3, -0.25) is 14.6 Å². The van der Waals surface area contributed by atoms with Crippen molar-refractivity contribution in [2.45, 2.75) is 26.3 Å². The summed E-state index contributed by atoms with van der Waals surface area (Å²) in [5, 5.41) is 2.60. The molecule has 1 N–H and O–H groups in total. The van der Waals surface area contributed by atoms with Gasteiger partial charge in [0.1, 0.15) is 6.04 Å². The van der Waals surface area contributed by atoms with E-state index in [1.165, 1.54) is 6.92 Å². The van der Waals surface area contributed by atoms with Crippen LogP contribution in [0, 0.1) is 0 Å². The molecule has 2 heterocycles. The molecule has 17 heavy (non-hydrogen) atoms. The molecule has 0 saturated carbocycles. The highest BCUT2D eigenvalue weighted by atomic mass is 16.2. The van der Waals surface area contributed by atoms with Gasteiger partial charge in [-0.2, -0.15) is 0 Å².